The molecule has 3 heterocycles. The third-order valence-corrected chi connectivity index (χ3v) is 5.28. The fourth-order valence-corrected chi connectivity index (χ4v) is 3.47. The summed E-state index contributed by atoms with van der Waals surface area (Å²) in [5, 5.41) is 16.2. The van der Waals surface area contributed by atoms with Gasteiger partial charge in [0.05, 0.1) is 32.6 Å². The number of aryl methyl sites for hydroxylation is 1. The number of carbonyl (C=O) groups is 1. The number of ether oxygens (including phenoxy) is 3. The Bertz CT molecular complexity index is 973. The van der Waals surface area contributed by atoms with Crippen molar-refractivity contribution < 1.29 is 28.9 Å². The van der Waals surface area contributed by atoms with Crippen LogP contribution < -0.4 is 10.1 Å². The van der Waals surface area contributed by atoms with Gasteiger partial charge >= 0.3 is 0 Å². The Morgan fingerprint density at radius 1 is 1.19 bits per heavy atom. The molecule has 2 N–H and O–H groups in total. The highest BCUT2D eigenvalue weighted by Gasteiger charge is 2.35. The van der Waals surface area contributed by atoms with E-state index in [1.54, 1.807) is 20.1 Å². The van der Waals surface area contributed by atoms with E-state index in [9.17, 15) is 4.79 Å². The second-order valence-corrected chi connectivity index (χ2v) is 7.61. The maximum absolute atomic E-state index is 12.7. The first-order valence-electron chi connectivity index (χ1n) is 10.4. The lowest BCUT2D eigenvalue weighted by molar-refractivity contribution is -0.178. The van der Waals surface area contributed by atoms with Crippen molar-refractivity contribution in [2.24, 2.45) is 5.16 Å². The second kappa shape index (κ2) is 10.0. The normalized spacial score (nSPS) is 22.7. The Balaban J connectivity index is 1.37. The number of benzene rings is 1. The van der Waals surface area contributed by atoms with Crippen LogP contribution in [0.2, 0.25) is 0 Å². The van der Waals surface area contributed by atoms with E-state index in [4.69, 9.17) is 24.2 Å². The van der Waals surface area contributed by atoms with Crippen LogP contribution >= 0.6 is 0 Å². The van der Waals surface area contributed by atoms with Crippen molar-refractivity contribution in [1.82, 2.24) is 15.3 Å². The molecule has 0 aliphatic carbocycles. The molecular weight excluding hydrogens is 416 g/mol. The molecule has 1 unspecified atom stereocenters. The van der Waals surface area contributed by atoms with Crippen LogP contribution in [0.25, 0.3) is 0 Å². The largest absolute Gasteiger partial charge is 0.497 e. The molecule has 0 bridgehead atoms. The number of amides is 1. The molecule has 3 atom stereocenters. The highest BCUT2D eigenvalue weighted by Crippen LogP contribution is 2.23. The Labute approximate surface area is 185 Å². The average molecular weight is 442 g/mol. The summed E-state index contributed by atoms with van der Waals surface area (Å²) in [6.07, 6.45) is -0.431. The van der Waals surface area contributed by atoms with Crippen molar-refractivity contribution in [2.45, 2.75) is 38.2 Å². The molecule has 4 rings (SSSR count). The van der Waals surface area contributed by atoms with Gasteiger partial charge < -0.3 is 29.5 Å². The zero-order chi connectivity index (χ0) is 22.5. The summed E-state index contributed by atoms with van der Waals surface area (Å²) in [4.78, 5) is 26.9. The van der Waals surface area contributed by atoms with Crippen molar-refractivity contribution in [3.8, 4) is 5.75 Å². The van der Waals surface area contributed by atoms with Gasteiger partial charge in [0.1, 0.15) is 35.2 Å². The molecule has 1 fully saturated rings. The molecule has 2 aromatic rings. The summed E-state index contributed by atoms with van der Waals surface area (Å²) in [6.45, 7) is 2.64. The number of nitrogens with zero attached hydrogens (tertiary/aromatic N) is 3. The van der Waals surface area contributed by atoms with E-state index >= 15 is 0 Å². The Hall–Kier alpha value is -3.08. The highest BCUT2D eigenvalue weighted by molar-refractivity contribution is 6.02. The lowest BCUT2D eigenvalue weighted by Crippen LogP contribution is -2.43. The van der Waals surface area contributed by atoms with Crippen molar-refractivity contribution in [1.29, 1.82) is 0 Å². The standard InChI is InChI=1S/C22H26N4O6/c1-13-24-17(18-8-20(32-26-18)21-12-30-16(10-27)11-31-21)7-19(25-13)22(28)23-9-14-3-5-15(29-2)6-4-14/h3-7,16,20-21,27H,8-12H2,1-2H3,(H,23,28)/t16-,20?,21-/m1/s1. The minimum Gasteiger partial charge on any atom is -0.497 e. The van der Waals surface area contributed by atoms with Gasteiger partial charge in [-0.05, 0) is 30.7 Å². The smallest absolute Gasteiger partial charge is 0.270 e. The summed E-state index contributed by atoms with van der Waals surface area (Å²) in [6, 6.07) is 9.07. The lowest BCUT2D eigenvalue weighted by Gasteiger charge is -2.30. The van der Waals surface area contributed by atoms with Gasteiger partial charge in [-0.15, -0.1) is 0 Å². The van der Waals surface area contributed by atoms with Crippen LogP contribution in [0, 0.1) is 6.92 Å². The average Bonchev–Trinajstić information content (AvgIpc) is 3.33. The molecule has 1 amide bonds. The third-order valence-electron chi connectivity index (χ3n) is 5.28. The molecule has 1 saturated heterocycles. The SMILES string of the molecule is COc1ccc(CNC(=O)c2cc(C3=NOC([C@H]4CO[C@H](CO)CO4)C3)nc(C)n2)cc1. The molecule has 0 saturated carbocycles. The number of hydrogen-bond acceptors (Lipinski definition) is 9. The fourth-order valence-electron chi connectivity index (χ4n) is 3.47. The van der Waals surface area contributed by atoms with Crippen molar-refractivity contribution in [3.63, 3.8) is 0 Å². The predicted octanol–water partition coefficient (Wildman–Crippen LogP) is 0.993. The van der Waals surface area contributed by atoms with E-state index in [0.717, 1.165) is 11.3 Å². The van der Waals surface area contributed by atoms with Crippen LogP contribution in [0.1, 0.15) is 34.0 Å². The van der Waals surface area contributed by atoms with Gasteiger partial charge in [0, 0.05) is 13.0 Å². The third kappa shape index (κ3) is 5.21. The summed E-state index contributed by atoms with van der Waals surface area (Å²) in [5.41, 5.74) is 2.37. The number of oxime groups is 1. The molecule has 1 aromatic carbocycles. The first-order valence-corrected chi connectivity index (χ1v) is 10.4. The van der Waals surface area contributed by atoms with Crippen LogP contribution in [0.4, 0.5) is 0 Å². The summed E-state index contributed by atoms with van der Waals surface area (Å²) in [5.74, 6) is 0.918. The minimum absolute atomic E-state index is 0.0798. The zero-order valence-electron chi connectivity index (χ0n) is 18.0. The maximum atomic E-state index is 12.7. The van der Waals surface area contributed by atoms with Crippen LogP contribution in [0.3, 0.4) is 0 Å². The van der Waals surface area contributed by atoms with Crippen LogP contribution in [0.5, 0.6) is 5.75 Å². The number of nitrogens with one attached hydrogen (secondary N) is 1. The van der Waals surface area contributed by atoms with E-state index in [0.29, 0.717) is 43.4 Å². The van der Waals surface area contributed by atoms with E-state index in [2.05, 4.69) is 20.4 Å². The van der Waals surface area contributed by atoms with Crippen LogP contribution in [0.15, 0.2) is 35.5 Å². The van der Waals surface area contributed by atoms with Crippen molar-refractivity contribution in [3.05, 3.63) is 53.1 Å². The summed E-state index contributed by atoms with van der Waals surface area (Å²) >= 11 is 0. The van der Waals surface area contributed by atoms with Gasteiger partial charge in [0.2, 0.25) is 0 Å². The maximum Gasteiger partial charge on any atom is 0.270 e. The zero-order valence-corrected chi connectivity index (χ0v) is 18.0. The van der Waals surface area contributed by atoms with Crippen LogP contribution in [-0.2, 0) is 20.9 Å². The minimum atomic E-state index is -0.313. The topological polar surface area (TPSA) is 124 Å². The molecule has 10 nitrogen and oxygen atoms in total. The van der Waals surface area contributed by atoms with E-state index in [-0.39, 0.29) is 36.5 Å². The number of aliphatic hydroxyl groups is 1. The van der Waals surface area contributed by atoms with Gasteiger partial charge in [-0.25, -0.2) is 9.97 Å². The Morgan fingerprint density at radius 3 is 2.69 bits per heavy atom. The molecule has 2 aliphatic heterocycles. The summed E-state index contributed by atoms with van der Waals surface area (Å²) < 4.78 is 16.4. The molecule has 32 heavy (non-hydrogen) atoms. The number of methoxy groups -OCH3 is 1. The number of aliphatic hydroxyl groups excluding tert-OH is 1. The monoisotopic (exact) mass is 442 g/mol. The van der Waals surface area contributed by atoms with E-state index in [1.165, 1.54) is 0 Å². The first-order chi connectivity index (χ1) is 15.6. The van der Waals surface area contributed by atoms with Crippen molar-refractivity contribution >= 4 is 11.6 Å². The number of aromatic nitrogens is 2. The predicted molar refractivity (Wildman–Crippen MR) is 114 cm³/mol. The van der Waals surface area contributed by atoms with Gasteiger partial charge in [-0.3, -0.25) is 4.79 Å². The summed E-state index contributed by atoms with van der Waals surface area (Å²) in [7, 11) is 1.61. The molecule has 0 spiro atoms. The Morgan fingerprint density at radius 2 is 2.00 bits per heavy atom. The van der Waals surface area contributed by atoms with E-state index in [1.807, 2.05) is 24.3 Å². The Kier molecular flexibility index (Phi) is 6.93. The van der Waals surface area contributed by atoms with Gasteiger partial charge in [-0.2, -0.15) is 0 Å². The van der Waals surface area contributed by atoms with E-state index < -0.39 is 0 Å². The van der Waals surface area contributed by atoms with Gasteiger partial charge in [0.15, 0.2) is 6.10 Å². The number of carbonyl (C=O) groups excluding carboxylic acids is 1. The molecule has 10 heteroatoms. The lowest BCUT2D eigenvalue weighted by atomic mass is 10.0. The first kappa shape index (κ1) is 22.1. The van der Waals surface area contributed by atoms with Gasteiger partial charge in [-0.1, -0.05) is 17.3 Å². The number of rotatable bonds is 7. The molecule has 0 radical (unpaired) electrons. The molecule has 2 aliphatic rings. The molecule has 1 aromatic heterocycles. The fraction of sp³-hybridized carbons (Fsp3) is 0.455. The second-order valence-electron chi connectivity index (χ2n) is 7.61. The molecular formula is C22H26N4O6. The van der Waals surface area contributed by atoms with Crippen LogP contribution in [-0.4, -0.2) is 71.9 Å². The quantitative estimate of drug-likeness (QED) is 0.651. The van der Waals surface area contributed by atoms with Crippen molar-refractivity contribution in [2.75, 3.05) is 26.9 Å². The molecule has 170 valence electrons. The number of hydrogen-bond donors (Lipinski definition) is 2. The van der Waals surface area contributed by atoms with Gasteiger partial charge in [0.25, 0.3) is 5.91 Å². The highest BCUT2D eigenvalue weighted by atomic mass is 16.7.